The lowest BCUT2D eigenvalue weighted by atomic mass is 10.1. The summed E-state index contributed by atoms with van der Waals surface area (Å²) < 4.78 is 1.36. The number of aromatic nitrogens is 1. The second-order valence-corrected chi connectivity index (χ2v) is 5.81. The van der Waals surface area contributed by atoms with Crippen molar-refractivity contribution in [1.29, 1.82) is 0 Å². The molecular formula is C13H18BrN3O3. The van der Waals surface area contributed by atoms with Crippen LogP contribution < -0.4 is 0 Å². The summed E-state index contributed by atoms with van der Waals surface area (Å²) in [5.41, 5.74) is 0.391. The van der Waals surface area contributed by atoms with Gasteiger partial charge in [0.15, 0.2) is 5.69 Å². The maximum Gasteiger partial charge on any atom is 0.323 e. The molecule has 2 heterocycles. The van der Waals surface area contributed by atoms with Gasteiger partial charge < -0.3 is 15.0 Å². The van der Waals surface area contributed by atoms with Gasteiger partial charge in [0.2, 0.25) is 0 Å². The SMILES string of the molecule is Cn1c(C(=O)N2CCCC2CCCBr)ccc1[N+](=O)[O-]. The standard InChI is InChI=1S/C13H18BrN3O3/c1-15-11(6-7-12(15)17(19)20)13(18)16-9-3-5-10(16)4-2-8-14/h6-7,10H,2-5,8-9H2,1H3. The van der Waals surface area contributed by atoms with E-state index in [2.05, 4.69) is 15.9 Å². The number of carbonyl (C=O) groups is 1. The number of nitrogens with zero attached hydrogens (tertiary/aromatic N) is 3. The van der Waals surface area contributed by atoms with Gasteiger partial charge in [0.05, 0.1) is 7.05 Å². The zero-order chi connectivity index (χ0) is 14.7. The minimum atomic E-state index is -0.469. The lowest BCUT2D eigenvalue weighted by Crippen LogP contribution is -2.36. The molecule has 0 N–H and O–H groups in total. The Morgan fingerprint density at radius 2 is 2.30 bits per heavy atom. The summed E-state index contributed by atoms with van der Waals surface area (Å²) in [6, 6.07) is 3.19. The molecule has 110 valence electrons. The van der Waals surface area contributed by atoms with Crippen LogP contribution in [0.2, 0.25) is 0 Å². The van der Waals surface area contributed by atoms with E-state index in [-0.39, 0.29) is 17.8 Å². The van der Waals surface area contributed by atoms with Crippen LogP contribution in [0.4, 0.5) is 5.82 Å². The van der Waals surface area contributed by atoms with Crippen molar-refractivity contribution in [3.05, 3.63) is 27.9 Å². The third-order valence-electron chi connectivity index (χ3n) is 3.81. The van der Waals surface area contributed by atoms with E-state index in [0.29, 0.717) is 5.69 Å². The third kappa shape index (κ3) is 2.87. The minimum absolute atomic E-state index is 0.0513. The van der Waals surface area contributed by atoms with Gasteiger partial charge in [-0.25, -0.2) is 4.57 Å². The van der Waals surface area contributed by atoms with Crippen LogP contribution in [-0.4, -0.2) is 38.2 Å². The van der Waals surface area contributed by atoms with Crippen molar-refractivity contribution in [3.8, 4) is 0 Å². The molecule has 7 heteroatoms. The zero-order valence-corrected chi connectivity index (χ0v) is 13.0. The van der Waals surface area contributed by atoms with E-state index in [1.54, 1.807) is 13.1 Å². The Hall–Kier alpha value is -1.37. The Morgan fingerprint density at radius 3 is 2.90 bits per heavy atom. The van der Waals surface area contributed by atoms with Crippen LogP contribution in [0.5, 0.6) is 0 Å². The lowest BCUT2D eigenvalue weighted by Gasteiger charge is -2.23. The number of carbonyl (C=O) groups excluding carboxylic acids is 1. The van der Waals surface area contributed by atoms with Crippen LogP contribution in [0, 0.1) is 10.1 Å². The first-order chi connectivity index (χ1) is 9.56. The first-order valence-electron chi connectivity index (χ1n) is 6.73. The van der Waals surface area contributed by atoms with E-state index in [0.717, 1.165) is 37.6 Å². The van der Waals surface area contributed by atoms with E-state index in [1.165, 1.54) is 10.6 Å². The molecule has 0 spiro atoms. The van der Waals surface area contributed by atoms with Gasteiger partial charge in [-0.3, -0.25) is 4.79 Å². The molecule has 0 aromatic carbocycles. The van der Waals surface area contributed by atoms with Crippen LogP contribution >= 0.6 is 15.9 Å². The average Bonchev–Trinajstić information content (AvgIpc) is 3.01. The van der Waals surface area contributed by atoms with Crippen LogP contribution in [0.25, 0.3) is 0 Å². The molecular weight excluding hydrogens is 326 g/mol. The molecule has 0 bridgehead atoms. The second kappa shape index (κ2) is 6.39. The molecule has 0 radical (unpaired) electrons. The molecule has 1 amide bonds. The molecule has 0 saturated carbocycles. The summed E-state index contributed by atoms with van der Waals surface area (Å²) in [5.74, 6) is -0.151. The molecule has 1 aliphatic heterocycles. The fraction of sp³-hybridized carbons (Fsp3) is 0.615. The number of amides is 1. The molecule has 1 atom stereocenters. The number of nitro groups is 1. The number of likely N-dealkylation sites (tertiary alicyclic amines) is 1. The van der Waals surface area contributed by atoms with Crippen molar-refractivity contribution in [2.75, 3.05) is 11.9 Å². The molecule has 1 aliphatic rings. The fourth-order valence-electron chi connectivity index (χ4n) is 2.76. The minimum Gasteiger partial charge on any atom is -0.358 e. The molecule has 1 unspecified atom stereocenters. The highest BCUT2D eigenvalue weighted by atomic mass is 79.9. The molecule has 1 aromatic heterocycles. The normalized spacial score (nSPS) is 18.5. The summed E-state index contributed by atoms with van der Waals surface area (Å²) in [6.45, 7) is 0.741. The summed E-state index contributed by atoms with van der Waals surface area (Å²) in [4.78, 5) is 24.8. The molecule has 2 rings (SSSR count). The van der Waals surface area contributed by atoms with E-state index >= 15 is 0 Å². The Labute approximate surface area is 126 Å². The Bertz CT molecular complexity index is 515. The average molecular weight is 344 g/mol. The van der Waals surface area contributed by atoms with E-state index < -0.39 is 4.92 Å². The fourth-order valence-corrected chi connectivity index (χ4v) is 3.09. The van der Waals surface area contributed by atoms with Gasteiger partial charge in [-0.15, -0.1) is 0 Å². The highest BCUT2D eigenvalue weighted by Crippen LogP contribution is 2.25. The van der Waals surface area contributed by atoms with Crippen LogP contribution in [0.15, 0.2) is 12.1 Å². The van der Waals surface area contributed by atoms with Gasteiger partial charge in [-0.1, -0.05) is 15.9 Å². The number of halogens is 1. The zero-order valence-electron chi connectivity index (χ0n) is 11.4. The molecule has 20 heavy (non-hydrogen) atoms. The van der Waals surface area contributed by atoms with Crippen molar-refractivity contribution in [3.63, 3.8) is 0 Å². The third-order valence-corrected chi connectivity index (χ3v) is 4.37. The van der Waals surface area contributed by atoms with Gasteiger partial charge in [-0.05, 0) is 36.7 Å². The molecule has 6 nitrogen and oxygen atoms in total. The lowest BCUT2D eigenvalue weighted by molar-refractivity contribution is -0.391. The van der Waals surface area contributed by atoms with Gasteiger partial charge in [0, 0.05) is 24.0 Å². The maximum absolute atomic E-state index is 12.5. The van der Waals surface area contributed by atoms with Crippen LogP contribution in [0.3, 0.4) is 0 Å². The number of rotatable bonds is 5. The molecule has 1 aromatic rings. The predicted octanol–water partition coefficient (Wildman–Crippen LogP) is 2.71. The first-order valence-corrected chi connectivity index (χ1v) is 7.85. The number of hydrogen-bond donors (Lipinski definition) is 0. The topological polar surface area (TPSA) is 68.4 Å². The smallest absolute Gasteiger partial charge is 0.323 e. The van der Waals surface area contributed by atoms with Gasteiger partial charge in [0.1, 0.15) is 0 Å². The van der Waals surface area contributed by atoms with E-state index in [9.17, 15) is 14.9 Å². The van der Waals surface area contributed by atoms with E-state index in [1.807, 2.05) is 4.90 Å². The number of hydrogen-bond acceptors (Lipinski definition) is 3. The van der Waals surface area contributed by atoms with E-state index in [4.69, 9.17) is 0 Å². The summed E-state index contributed by atoms with van der Waals surface area (Å²) in [6.07, 6.45) is 4.03. The molecule has 1 saturated heterocycles. The van der Waals surface area contributed by atoms with Crippen molar-refractivity contribution in [2.24, 2.45) is 7.05 Å². The quantitative estimate of drug-likeness (QED) is 0.469. The number of alkyl halides is 1. The van der Waals surface area contributed by atoms with Gasteiger partial charge >= 0.3 is 5.82 Å². The van der Waals surface area contributed by atoms with Gasteiger partial charge in [-0.2, -0.15) is 0 Å². The highest BCUT2D eigenvalue weighted by Gasteiger charge is 2.32. The van der Waals surface area contributed by atoms with Gasteiger partial charge in [0.25, 0.3) is 5.91 Å². The molecule has 0 aliphatic carbocycles. The summed E-state index contributed by atoms with van der Waals surface area (Å²) in [7, 11) is 1.56. The molecule has 1 fully saturated rings. The van der Waals surface area contributed by atoms with Crippen molar-refractivity contribution in [1.82, 2.24) is 9.47 Å². The Balaban J connectivity index is 2.16. The largest absolute Gasteiger partial charge is 0.358 e. The van der Waals surface area contributed by atoms with Crippen LogP contribution in [0.1, 0.15) is 36.2 Å². The summed E-state index contributed by atoms with van der Waals surface area (Å²) in [5, 5.41) is 11.8. The monoisotopic (exact) mass is 343 g/mol. The summed E-state index contributed by atoms with van der Waals surface area (Å²) >= 11 is 3.41. The maximum atomic E-state index is 12.5. The highest BCUT2D eigenvalue weighted by molar-refractivity contribution is 9.09. The van der Waals surface area contributed by atoms with Crippen molar-refractivity contribution < 1.29 is 9.72 Å². The Morgan fingerprint density at radius 1 is 1.55 bits per heavy atom. The Kier molecular flexibility index (Phi) is 4.80. The second-order valence-electron chi connectivity index (χ2n) is 5.02. The van der Waals surface area contributed by atoms with Crippen LogP contribution in [-0.2, 0) is 7.05 Å². The first kappa shape index (κ1) is 15.0. The van der Waals surface area contributed by atoms with Crippen molar-refractivity contribution in [2.45, 2.75) is 31.7 Å². The van der Waals surface area contributed by atoms with Crippen molar-refractivity contribution >= 4 is 27.7 Å². The predicted molar refractivity (Wildman–Crippen MR) is 79.2 cm³/mol.